The molecule has 4 bridgehead atoms. The first kappa shape index (κ1) is 12.8. The van der Waals surface area contributed by atoms with Gasteiger partial charge in [-0.3, -0.25) is 0 Å². The van der Waals surface area contributed by atoms with E-state index in [4.69, 9.17) is 0 Å². The van der Waals surface area contributed by atoms with Crippen molar-refractivity contribution in [3.05, 3.63) is 23.8 Å². The predicted octanol–water partition coefficient (Wildman–Crippen LogP) is 2.01. The van der Waals surface area contributed by atoms with E-state index in [1.165, 1.54) is 48.6 Å². The fourth-order valence-corrected chi connectivity index (χ4v) is 7.31. The first-order valence-electron chi connectivity index (χ1n) is 7.33. The Labute approximate surface area is 128 Å². The summed E-state index contributed by atoms with van der Waals surface area (Å²) >= 11 is 3.07. The summed E-state index contributed by atoms with van der Waals surface area (Å²) in [6.07, 6.45) is 8.40. The van der Waals surface area contributed by atoms with E-state index in [9.17, 15) is 5.11 Å². The Balaban J connectivity index is 1.75. The standard InChI is InChI=1S/C16H20OSe2/c17-15-6-13(19-18)1-2-14(15)16-7-10-3-11(8-16)5-12(4-10)9-16/h1-2,6,10-12,17-18H,3-5,7-9H2. The molecule has 1 N–H and O–H groups in total. The van der Waals surface area contributed by atoms with Gasteiger partial charge in [0.1, 0.15) is 0 Å². The molecule has 19 heavy (non-hydrogen) atoms. The average Bonchev–Trinajstić information content (AvgIpc) is 2.36. The minimum atomic E-state index is 0.326. The molecule has 0 heterocycles. The number of hydrogen-bond donors (Lipinski definition) is 1. The molecule has 1 aromatic carbocycles. The van der Waals surface area contributed by atoms with Gasteiger partial charge in [-0.1, -0.05) is 0 Å². The normalized spacial score (nSPS) is 39.7. The van der Waals surface area contributed by atoms with Crippen molar-refractivity contribution < 1.29 is 5.11 Å². The second-order valence-electron chi connectivity index (χ2n) is 6.97. The van der Waals surface area contributed by atoms with Crippen LogP contribution in [0.15, 0.2) is 18.2 Å². The van der Waals surface area contributed by atoms with Crippen molar-refractivity contribution in [1.29, 1.82) is 0 Å². The van der Waals surface area contributed by atoms with Crippen LogP contribution in [0.5, 0.6) is 5.75 Å². The summed E-state index contributed by atoms with van der Waals surface area (Å²) < 4.78 is 1.29. The zero-order valence-corrected chi connectivity index (χ0v) is 14.6. The molecule has 0 amide bonds. The third-order valence-electron chi connectivity index (χ3n) is 5.68. The van der Waals surface area contributed by atoms with E-state index in [1.807, 2.05) is 6.07 Å². The van der Waals surface area contributed by atoms with Crippen LogP contribution in [-0.4, -0.2) is 32.4 Å². The number of phenols is 1. The quantitative estimate of drug-likeness (QED) is 0.772. The molecule has 0 aromatic heterocycles. The Morgan fingerprint density at radius 2 is 1.63 bits per heavy atom. The summed E-state index contributed by atoms with van der Waals surface area (Å²) in [6.45, 7) is 0. The molecular formula is C16H20OSe2. The van der Waals surface area contributed by atoms with Crippen molar-refractivity contribution in [3.63, 3.8) is 0 Å². The second-order valence-corrected chi connectivity index (χ2v) is 10.3. The molecule has 3 heteroatoms. The molecule has 4 saturated carbocycles. The van der Waals surface area contributed by atoms with E-state index in [1.54, 1.807) is 0 Å². The molecule has 0 unspecified atom stereocenters. The van der Waals surface area contributed by atoms with Crippen molar-refractivity contribution >= 4 is 31.8 Å². The molecule has 0 radical (unpaired) electrons. The van der Waals surface area contributed by atoms with Crippen molar-refractivity contribution in [1.82, 2.24) is 0 Å². The molecule has 102 valence electrons. The predicted molar refractivity (Wildman–Crippen MR) is 80.5 cm³/mol. The maximum absolute atomic E-state index is 10.5. The van der Waals surface area contributed by atoms with Crippen molar-refractivity contribution in [2.45, 2.75) is 43.9 Å². The first-order valence-corrected chi connectivity index (χ1v) is 12.9. The number of benzene rings is 1. The van der Waals surface area contributed by atoms with Crippen LogP contribution in [0.1, 0.15) is 44.1 Å². The molecule has 4 aliphatic rings. The average molecular weight is 386 g/mol. The monoisotopic (exact) mass is 388 g/mol. The van der Waals surface area contributed by atoms with Crippen LogP contribution >= 0.6 is 0 Å². The first-order chi connectivity index (χ1) is 9.18. The van der Waals surface area contributed by atoms with Gasteiger partial charge in [0.25, 0.3) is 0 Å². The van der Waals surface area contributed by atoms with E-state index in [2.05, 4.69) is 26.3 Å². The van der Waals surface area contributed by atoms with Gasteiger partial charge < -0.3 is 0 Å². The molecular weight excluding hydrogens is 366 g/mol. The molecule has 1 aromatic rings. The molecule has 5 rings (SSSR count). The summed E-state index contributed by atoms with van der Waals surface area (Å²) in [7, 11) is 0. The van der Waals surface area contributed by atoms with E-state index in [0.29, 0.717) is 24.3 Å². The Kier molecular flexibility index (Phi) is 3.05. The topological polar surface area (TPSA) is 20.2 Å². The van der Waals surface area contributed by atoms with Gasteiger partial charge in [0.05, 0.1) is 0 Å². The Morgan fingerprint density at radius 3 is 2.11 bits per heavy atom. The SMILES string of the molecule is Oc1cc([Se][SeH])ccc1C12CC3CC(CC(C3)C1)C2. The van der Waals surface area contributed by atoms with Gasteiger partial charge in [-0.2, -0.15) is 0 Å². The van der Waals surface area contributed by atoms with Crippen LogP contribution < -0.4 is 4.46 Å². The number of phenolic OH excluding ortho intramolecular Hbond substituents is 1. The van der Waals surface area contributed by atoms with Crippen LogP contribution in [0.25, 0.3) is 0 Å². The minimum absolute atomic E-state index is 0.326. The Hall–Kier alpha value is 0.0590. The Morgan fingerprint density at radius 1 is 1.05 bits per heavy atom. The van der Waals surface area contributed by atoms with Crippen LogP contribution in [0.3, 0.4) is 0 Å². The molecule has 0 spiro atoms. The fourth-order valence-electron chi connectivity index (χ4n) is 5.46. The third kappa shape index (κ3) is 2.02. The van der Waals surface area contributed by atoms with E-state index in [0.717, 1.165) is 17.8 Å². The summed E-state index contributed by atoms with van der Waals surface area (Å²) in [5.74, 6) is 3.40. The summed E-state index contributed by atoms with van der Waals surface area (Å²) in [4.78, 5) is 0. The van der Waals surface area contributed by atoms with E-state index in [-0.39, 0.29) is 0 Å². The van der Waals surface area contributed by atoms with Crippen LogP contribution in [0, 0.1) is 17.8 Å². The van der Waals surface area contributed by atoms with Gasteiger partial charge in [0.15, 0.2) is 0 Å². The number of hydrogen-bond acceptors (Lipinski definition) is 1. The van der Waals surface area contributed by atoms with Crippen molar-refractivity contribution in [2.75, 3.05) is 0 Å². The molecule has 0 atom stereocenters. The second kappa shape index (κ2) is 4.53. The summed E-state index contributed by atoms with van der Waals surface area (Å²) in [5.41, 5.74) is 1.60. The van der Waals surface area contributed by atoms with Gasteiger partial charge in [-0.05, 0) is 0 Å². The van der Waals surface area contributed by atoms with Gasteiger partial charge in [0, 0.05) is 0 Å². The molecule has 4 fully saturated rings. The van der Waals surface area contributed by atoms with Crippen molar-refractivity contribution in [2.24, 2.45) is 17.8 Å². The van der Waals surface area contributed by atoms with Crippen molar-refractivity contribution in [3.8, 4) is 5.75 Å². The van der Waals surface area contributed by atoms with Gasteiger partial charge in [-0.15, -0.1) is 0 Å². The van der Waals surface area contributed by atoms with E-state index >= 15 is 0 Å². The van der Waals surface area contributed by atoms with Crippen LogP contribution in [0.4, 0.5) is 0 Å². The molecule has 1 nitrogen and oxygen atoms in total. The molecule has 0 aliphatic heterocycles. The maximum atomic E-state index is 10.5. The van der Waals surface area contributed by atoms with Crippen LogP contribution in [-0.2, 0) is 5.41 Å². The summed E-state index contributed by atoms with van der Waals surface area (Å²) in [5, 5.41) is 10.5. The fraction of sp³-hybridized carbons (Fsp3) is 0.625. The zero-order chi connectivity index (χ0) is 13.0. The zero-order valence-electron chi connectivity index (χ0n) is 11.0. The van der Waals surface area contributed by atoms with Gasteiger partial charge in [-0.25, -0.2) is 0 Å². The third-order valence-corrected chi connectivity index (χ3v) is 8.96. The molecule has 4 aliphatic carbocycles. The number of aromatic hydroxyl groups is 1. The number of rotatable bonds is 2. The molecule has 0 saturated heterocycles. The van der Waals surface area contributed by atoms with Gasteiger partial charge in [0.2, 0.25) is 0 Å². The summed E-state index contributed by atoms with van der Waals surface area (Å²) in [6, 6.07) is 6.50. The van der Waals surface area contributed by atoms with Gasteiger partial charge >= 0.3 is 128 Å². The van der Waals surface area contributed by atoms with E-state index < -0.39 is 0 Å². The van der Waals surface area contributed by atoms with Crippen LogP contribution in [0.2, 0.25) is 0 Å². The Bertz CT molecular complexity index is 476.